The van der Waals surface area contributed by atoms with E-state index in [4.69, 9.17) is 0 Å². The van der Waals surface area contributed by atoms with Crippen LogP contribution in [0.5, 0.6) is 0 Å². The molecule has 0 aliphatic carbocycles. The standard InChI is InChI=1S/C16H22N6O/c1-21-15(18-19-20-21)9-10-17-16(23)22-11-5-8-14(22)12-13-6-3-2-4-7-13/h2-4,6-7,14H,5,8-12H2,1H3,(H,17,23). The van der Waals surface area contributed by atoms with Crippen LogP contribution in [-0.4, -0.2) is 50.3 Å². The zero-order valence-electron chi connectivity index (χ0n) is 13.4. The van der Waals surface area contributed by atoms with Crippen LogP contribution in [-0.2, 0) is 19.9 Å². The van der Waals surface area contributed by atoms with Crippen LogP contribution in [0.3, 0.4) is 0 Å². The Labute approximate surface area is 135 Å². The van der Waals surface area contributed by atoms with Crippen molar-refractivity contribution < 1.29 is 4.79 Å². The summed E-state index contributed by atoms with van der Waals surface area (Å²) in [5.74, 6) is 0.771. The monoisotopic (exact) mass is 314 g/mol. The number of nitrogens with zero attached hydrogens (tertiary/aromatic N) is 5. The third-order valence-corrected chi connectivity index (χ3v) is 4.28. The molecule has 7 heteroatoms. The average molecular weight is 314 g/mol. The van der Waals surface area contributed by atoms with Gasteiger partial charge in [-0.3, -0.25) is 0 Å². The quantitative estimate of drug-likeness (QED) is 0.899. The minimum atomic E-state index is 0.0126. The number of hydrogen-bond acceptors (Lipinski definition) is 4. The van der Waals surface area contributed by atoms with Crippen molar-refractivity contribution in [2.45, 2.75) is 31.7 Å². The van der Waals surface area contributed by atoms with Crippen LogP contribution in [0.25, 0.3) is 0 Å². The highest BCUT2D eigenvalue weighted by Gasteiger charge is 2.28. The molecule has 1 aromatic heterocycles. The molecule has 1 unspecified atom stereocenters. The van der Waals surface area contributed by atoms with Crippen molar-refractivity contribution in [1.82, 2.24) is 30.4 Å². The number of nitrogens with one attached hydrogen (secondary N) is 1. The lowest BCUT2D eigenvalue weighted by Gasteiger charge is -2.25. The molecule has 1 atom stereocenters. The van der Waals surface area contributed by atoms with Gasteiger partial charge in [0.15, 0.2) is 5.82 Å². The van der Waals surface area contributed by atoms with Crippen molar-refractivity contribution >= 4 is 6.03 Å². The summed E-state index contributed by atoms with van der Waals surface area (Å²) in [4.78, 5) is 14.4. The summed E-state index contributed by atoms with van der Waals surface area (Å²) in [5.41, 5.74) is 1.28. The fourth-order valence-corrected chi connectivity index (χ4v) is 3.04. The van der Waals surface area contributed by atoms with E-state index in [1.54, 1.807) is 11.7 Å². The Hall–Kier alpha value is -2.44. The Morgan fingerprint density at radius 3 is 2.91 bits per heavy atom. The lowest BCUT2D eigenvalue weighted by atomic mass is 10.0. The highest BCUT2D eigenvalue weighted by Crippen LogP contribution is 2.21. The average Bonchev–Trinajstić information content (AvgIpc) is 3.18. The van der Waals surface area contributed by atoms with Crippen LogP contribution in [0.2, 0.25) is 0 Å². The Morgan fingerprint density at radius 1 is 1.35 bits per heavy atom. The van der Waals surface area contributed by atoms with Crippen molar-refractivity contribution in [1.29, 1.82) is 0 Å². The first-order valence-electron chi connectivity index (χ1n) is 8.03. The number of benzene rings is 1. The van der Waals surface area contributed by atoms with Crippen LogP contribution in [0.1, 0.15) is 24.2 Å². The molecule has 7 nitrogen and oxygen atoms in total. The van der Waals surface area contributed by atoms with Gasteiger partial charge in [-0.05, 0) is 35.3 Å². The van der Waals surface area contributed by atoms with Crippen molar-refractivity contribution in [2.24, 2.45) is 7.05 Å². The molecule has 1 aliphatic heterocycles. The van der Waals surface area contributed by atoms with Gasteiger partial charge in [0.25, 0.3) is 0 Å². The first-order valence-corrected chi connectivity index (χ1v) is 8.03. The first-order chi connectivity index (χ1) is 11.2. The normalized spacial score (nSPS) is 17.4. The molecule has 0 radical (unpaired) electrons. The summed E-state index contributed by atoms with van der Waals surface area (Å²) >= 11 is 0. The maximum Gasteiger partial charge on any atom is 0.317 e. The van der Waals surface area contributed by atoms with E-state index in [0.717, 1.165) is 31.6 Å². The van der Waals surface area contributed by atoms with Gasteiger partial charge in [0.2, 0.25) is 0 Å². The third-order valence-electron chi connectivity index (χ3n) is 4.28. The summed E-state index contributed by atoms with van der Waals surface area (Å²) in [6.07, 6.45) is 3.68. The maximum absolute atomic E-state index is 12.4. The van der Waals surface area contributed by atoms with E-state index in [-0.39, 0.29) is 12.1 Å². The minimum Gasteiger partial charge on any atom is -0.338 e. The lowest BCUT2D eigenvalue weighted by molar-refractivity contribution is 0.192. The zero-order valence-corrected chi connectivity index (χ0v) is 13.4. The molecule has 1 fully saturated rings. The molecule has 1 N–H and O–H groups in total. The number of hydrogen-bond donors (Lipinski definition) is 1. The Kier molecular flexibility index (Phi) is 4.85. The molecule has 2 amide bonds. The summed E-state index contributed by atoms with van der Waals surface area (Å²) < 4.78 is 1.63. The van der Waals surface area contributed by atoms with Gasteiger partial charge in [0, 0.05) is 32.6 Å². The molecule has 1 saturated heterocycles. The van der Waals surface area contributed by atoms with Gasteiger partial charge in [-0.2, -0.15) is 0 Å². The summed E-state index contributed by atoms with van der Waals surface area (Å²) in [6.45, 7) is 1.37. The molecule has 2 heterocycles. The number of carbonyl (C=O) groups is 1. The second-order valence-electron chi connectivity index (χ2n) is 5.88. The number of aromatic nitrogens is 4. The van der Waals surface area contributed by atoms with E-state index in [1.165, 1.54) is 5.56 Å². The molecular weight excluding hydrogens is 292 g/mol. The number of rotatable bonds is 5. The second-order valence-corrected chi connectivity index (χ2v) is 5.88. The number of likely N-dealkylation sites (tertiary alicyclic amines) is 1. The Bertz CT molecular complexity index is 641. The number of aryl methyl sites for hydroxylation is 1. The third kappa shape index (κ3) is 3.85. The zero-order chi connectivity index (χ0) is 16.1. The van der Waals surface area contributed by atoms with Crippen LogP contribution in [0, 0.1) is 0 Å². The molecule has 2 aromatic rings. The summed E-state index contributed by atoms with van der Waals surface area (Å²) in [7, 11) is 1.80. The van der Waals surface area contributed by atoms with Crippen LogP contribution < -0.4 is 5.32 Å². The van der Waals surface area contributed by atoms with E-state index >= 15 is 0 Å². The summed E-state index contributed by atoms with van der Waals surface area (Å²) in [5, 5.41) is 14.3. The topological polar surface area (TPSA) is 75.9 Å². The van der Waals surface area contributed by atoms with E-state index in [2.05, 4.69) is 33.0 Å². The number of urea groups is 1. The van der Waals surface area contributed by atoms with Crippen molar-refractivity contribution in [3.8, 4) is 0 Å². The molecule has 122 valence electrons. The van der Waals surface area contributed by atoms with Crippen molar-refractivity contribution in [2.75, 3.05) is 13.1 Å². The van der Waals surface area contributed by atoms with Crippen molar-refractivity contribution in [3.63, 3.8) is 0 Å². The SMILES string of the molecule is Cn1nnnc1CCNC(=O)N1CCCC1Cc1ccccc1. The van der Waals surface area contributed by atoms with E-state index < -0.39 is 0 Å². The maximum atomic E-state index is 12.4. The smallest absolute Gasteiger partial charge is 0.317 e. The summed E-state index contributed by atoms with van der Waals surface area (Å²) in [6, 6.07) is 10.6. The molecular formula is C16H22N6O. The van der Waals surface area contributed by atoms with Crippen molar-refractivity contribution in [3.05, 3.63) is 41.7 Å². The largest absolute Gasteiger partial charge is 0.338 e. The molecule has 0 spiro atoms. The number of tetrazole rings is 1. The molecule has 23 heavy (non-hydrogen) atoms. The lowest BCUT2D eigenvalue weighted by Crippen LogP contribution is -2.44. The highest BCUT2D eigenvalue weighted by atomic mass is 16.2. The number of carbonyl (C=O) groups excluding carboxylic acids is 1. The second kappa shape index (κ2) is 7.21. The van der Waals surface area contributed by atoms with Crippen LogP contribution in [0.4, 0.5) is 4.79 Å². The first kappa shape index (κ1) is 15.5. The predicted molar refractivity (Wildman–Crippen MR) is 85.8 cm³/mol. The van der Waals surface area contributed by atoms with Crippen LogP contribution in [0.15, 0.2) is 30.3 Å². The fraction of sp³-hybridized carbons (Fsp3) is 0.500. The molecule has 3 rings (SSSR count). The van der Waals surface area contributed by atoms with Gasteiger partial charge >= 0.3 is 6.03 Å². The van der Waals surface area contributed by atoms with Gasteiger partial charge < -0.3 is 10.2 Å². The number of amides is 2. The predicted octanol–water partition coefficient (Wildman–Crippen LogP) is 1.17. The highest BCUT2D eigenvalue weighted by molar-refractivity contribution is 5.74. The van der Waals surface area contributed by atoms with E-state index in [9.17, 15) is 4.79 Å². The van der Waals surface area contributed by atoms with Crippen LogP contribution >= 0.6 is 0 Å². The molecule has 1 aromatic carbocycles. The Balaban J connectivity index is 1.50. The molecule has 1 aliphatic rings. The van der Waals surface area contributed by atoms with Gasteiger partial charge in [-0.1, -0.05) is 30.3 Å². The van der Waals surface area contributed by atoms with Gasteiger partial charge in [0.05, 0.1) is 0 Å². The van der Waals surface area contributed by atoms with Gasteiger partial charge in [0.1, 0.15) is 0 Å². The molecule has 0 saturated carbocycles. The fourth-order valence-electron chi connectivity index (χ4n) is 3.04. The Morgan fingerprint density at radius 2 is 2.17 bits per heavy atom. The van der Waals surface area contributed by atoms with E-state index in [0.29, 0.717) is 13.0 Å². The van der Waals surface area contributed by atoms with E-state index in [1.807, 2.05) is 23.1 Å². The van der Waals surface area contributed by atoms with Gasteiger partial charge in [-0.15, -0.1) is 5.10 Å². The van der Waals surface area contributed by atoms with Gasteiger partial charge in [-0.25, -0.2) is 9.48 Å². The molecule has 0 bridgehead atoms. The minimum absolute atomic E-state index is 0.0126.